The van der Waals surface area contributed by atoms with Gasteiger partial charge in [0.25, 0.3) is 0 Å². The van der Waals surface area contributed by atoms with Gasteiger partial charge in [0.15, 0.2) is 0 Å². The van der Waals surface area contributed by atoms with E-state index in [9.17, 15) is 0 Å². The molecule has 0 bridgehead atoms. The second kappa shape index (κ2) is 6.40. The Hall–Kier alpha value is -2.14. The van der Waals surface area contributed by atoms with Crippen LogP contribution in [0.1, 0.15) is 30.2 Å². The molecule has 3 heterocycles. The lowest BCUT2D eigenvalue weighted by atomic mass is 10.0. The molecule has 0 spiro atoms. The summed E-state index contributed by atoms with van der Waals surface area (Å²) in [5.74, 6) is 1.89. The van der Waals surface area contributed by atoms with Gasteiger partial charge in [-0.3, -0.25) is 0 Å². The molecule has 1 saturated heterocycles. The number of hydrogen-bond donors (Lipinski definition) is 1. The van der Waals surface area contributed by atoms with Gasteiger partial charge in [-0.05, 0) is 30.4 Å². The van der Waals surface area contributed by atoms with Crippen LogP contribution in [0.4, 0.5) is 11.8 Å². The van der Waals surface area contributed by atoms with Crippen molar-refractivity contribution in [3.63, 3.8) is 0 Å². The number of hydrogen-bond acceptors (Lipinski definition) is 5. The number of nitrogens with two attached hydrogens (primary N) is 1. The molecule has 0 saturated carbocycles. The van der Waals surface area contributed by atoms with Gasteiger partial charge in [-0.1, -0.05) is 31.2 Å². The highest BCUT2D eigenvalue weighted by atomic mass is 15.3. The van der Waals surface area contributed by atoms with Crippen LogP contribution in [0.5, 0.6) is 0 Å². The lowest BCUT2D eigenvalue weighted by molar-refractivity contribution is 0.701. The van der Waals surface area contributed by atoms with Crippen LogP contribution < -0.4 is 15.5 Å². The molecule has 4 rings (SSSR count). The number of rotatable bonds is 3. The summed E-state index contributed by atoms with van der Waals surface area (Å²) < 4.78 is 0. The van der Waals surface area contributed by atoms with E-state index in [2.05, 4.69) is 47.1 Å². The zero-order valence-electron chi connectivity index (χ0n) is 14.3. The third-order valence-electron chi connectivity index (χ3n) is 5.08. The standard InChI is InChI=1S/C19H25N5/c1-2-17-11-18(23-10-8-16(20)13-23)22-19(21-17)24-9-7-14-5-3-4-6-15(14)12-24/h3-6,11,16H,2,7-10,12-13,20H2,1H3. The third-order valence-corrected chi connectivity index (χ3v) is 5.08. The molecule has 2 N–H and O–H groups in total. The van der Waals surface area contributed by atoms with E-state index >= 15 is 0 Å². The number of nitrogens with zero attached hydrogens (tertiary/aromatic N) is 4. The lowest BCUT2D eigenvalue weighted by Crippen LogP contribution is -2.33. The molecule has 5 heteroatoms. The fraction of sp³-hybridized carbons (Fsp3) is 0.474. The van der Waals surface area contributed by atoms with E-state index in [1.54, 1.807) is 0 Å². The Morgan fingerprint density at radius 1 is 1.12 bits per heavy atom. The molecule has 0 aliphatic carbocycles. The molecular formula is C19H25N5. The molecule has 1 unspecified atom stereocenters. The van der Waals surface area contributed by atoms with Crippen LogP contribution >= 0.6 is 0 Å². The van der Waals surface area contributed by atoms with Crippen molar-refractivity contribution in [1.82, 2.24) is 9.97 Å². The first kappa shape index (κ1) is 15.4. The summed E-state index contributed by atoms with van der Waals surface area (Å²) in [6.45, 7) is 5.90. The maximum absolute atomic E-state index is 6.07. The number of anilines is 2. The van der Waals surface area contributed by atoms with Crippen molar-refractivity contribution in [1.29, 1.82) is 0 Å². The van der Waals surface area contributed by atoms with Crippen LogP contribution in [-0.2, 0) is 19.4 Å². The summed E-state index contributed by atoms with van der Waals surface area (Å²) in [7, 11) is 0. The van der Waals surface area contributed by atoms with Gasteiger partial charge in [0.2, 0.25) is 5.95 Å². The van der Waals surface area contributed by atoms with Gasteiger partial charge in [-0.15, -0.1) is 0 Å². The van der Waals surface area contributed by atoms with E-state index in [1.165, 1.54) is 11.1 Å². The van der Waals surface area contributed by atoms with Gasteiger partial charge in [0.05, 0.1) is 0 Å². The first-order valence-corrected chi connectivity index (χ1v) is 8.93. The monoisotopic (exact) mass is 323 g/mol. The van der Waals surface area contributed by atoms with Gasteiger partial charge in [-0.2, -0.15) is 4.98 Å². The van der Waals surface area contributed by atoms with Crippen molar-refractivity contribution in [3.8, 4) is 0 Å². The van der Waals surface area contributed by atoms with E-state index < -0.39 is 0 Å². The predicted molar refractivity (Wildman–Crippen MR) is 97.4 cm³/mol. The van der Waals surface area contributed by atoms with Crippen LogP contribution in [0.25, 0.3) is 0 Å². The van der Waals surface area contributed by atoms with Gasteiger partial charge >= 0.3 is 0 Å². The maximum Gasteiger partial charge on any atom is 0.227 e. The number of aromatic nitrogens is 2. The quantitative estimate of drug-likeness (QED) is 0.938. The number of aryl methyl sites for hydroxylation is 1. The SMILES string of the molecule is CCc1cc(N2CCC(N)C2)nc(N2CCc3ccccc3C2)n1. The van der Waals surface area contributed by atoms with Crippen molar-refractivity contribution in [2.45, 2.75) is 38.8 Å². The number of benzene rings is 1. The minimum atomic E-state index is 0.260. The van der Waals surface area contributed by atoms with Crippen molar-refractivity contribution >= 4 is 11.8 Å². The van der Waals surface area contributed by atoms with Gasteiger partial charge < -0.3 is 15.5 Å². The van der Waals surface area contributed by atoms with Crippen LogP contribution in [0, 0.1) is 0 Å². The average molecular weight is 323 g/mol. The molecule has 0 radical (unpaired) electrons. The highest BCUT2D eigenvalue weighted by Crippen LogP contribution is 2.25. The third kappa shape index (κ3) is 2.96. The fourth-order valence-electron chi connectivity index (χ4n) is 3.62. The largest absolute Gasteiger partial charge is 0.355 e. The Bertz CT molecular complexity index is 729. The molecule has 0 amide bonds. The molecule has 1 aromatic carbocycles. The van der Waals surface area contributed by atoms with Crippen molar-refractivity contribution in [3.05, 3.63) is 47.2 Å². The molecule has 126 valence electrons. The summed E-state index contributed by atoms with van der Waals surface area (Å²) in [6.07, 6.45) is 3.02. The zero-order chi connectivity index (χ0) is 16.5. The highest BCUT2D eigenvalue weighted by molar-refractivity contribution is 5.49. The van der Waals surface area contributed by atoms with Gasteiger partial charge in [0.1, 0.15) is 5.82 Å². The number of fused-ring (bicyclic) bond motifs is 1. The Kier molecular flexibility index (Phi) is 4.10. The molecule has 2 aliphatic heterocycles. The minimum absolute atomic E-state index is 0.260. The minimum Gasteiger partial charge on any atom is -0.355 e. The first-order valence-electron chi connectivity index (χ1n) is 8.93. The smallest absolute Gasteiger partial charge is 0.227 e. The Balaban J connectivity index is 1.63. The maximum atomic E-state index is 6.07. The average Bonchev–Trinajstić information content (AvgIpc) is 3.07. The summed E-state index contributed by atoms with van der Waals surface area (Å²) >= 11 is 0. The molecule has 24 heavy (non-hydrogen) atoms. The van der Waals surface area contributed by atoms with E-state index in [1.807, 2.05) is 0 Å². The van der Waals surface area contributed by atoms with Crippen molar-refractivity contribution < 1.29 is 0 Å². The molecule has 2 aromatic rings. The molecule has 5 nitrogen and oxygen atoms in total. The summed E-state index contributed by atoms with van der Waals surface area (Å²) in [6, 6.07) is 11.1. The van der Waals surface area contributed by atoms with Gasteiger partial charge in [0, 0.05) is 44.0 Å². The van der Waals surface area contributed by atoms with Gasteiger partial charge in [-0.25, -0.2) is 4.98 Å². The molecular weight excluding hydrogens is 298 g/mol. The Morgan fingerprint density at radius 2 is 1.96 bits per heavy atom. The molecule has 1 aromatic heterocycles. The van der Waals surface area contributed by atoms with E-state index in [-0.39, 0.29) is 6.04 Å². The molecule has 2 aliphatic rings. The Labute approximate surface area is 143 Å². The highest BCUT2D eigenvalue weighted by Gasteiger charge is 2.23. The van der Waals surface area contributed by atoms with Crippen molar-refractivity contribution in [2.75, 3.05) is 29.4 Å². The fourth-order valence-corrected chi connectivity index (χ4v) is 3.62. The zero-order valence-corrected chi connectivity index (χ0v) is 14.3. The Morgan fingerprint density at radius 3 is 2.71 bits per heavy atom. The second-order valence-corrected chi connectivity index (χ2v) is 6.81. The van der Waals surface area contributed by atoms with E-state index in [4.69, 9.17) is 15.7 Å². The summed E-state index contributed by atoms with van der Waals surface area (Å²) in [5, 5.41) is 0. The molecule has 1 atom stereocenters. The van der Waals surface area contributed by atoms with Crippen LogP contribution in [0.2, 0.25) is 0 Å². The van der Waals surface area contributed by atoms with Crippen LogP contribution in [0.3, 0.4) is 0 Å². The second-order valence-electron chi connectivity index (χ2n) is 6.81. The summed E-state index contributed by atoms with van der Waals surface area (Å²) in [4.78, 5) is 14.3. The van der Waals surface area contributed by atoms with E-state index in [0.717, 1.165) is 62.9 Å². The summed E-state index contributed by atoms with van der Waals surface area (Å²) in [5.41, 5.74) is 10.0. The lowest BCUT2D eigenvalue weighted by Gasteiger charge is -2.30. The van der Waals surface area contributed by atoms with E-state index in [0.29, 0.717) is 0 Å². The van der Waals surface area contributed by atoms with Crippen LogP contribution in [-0.4, -0.2) is 35.6 Å². The van der Waals surface area contributed by atoms with Crippen molar-refractivity contribution in [2.24, 2.45) is 5.73 Å². The first-order chi connectivity index (χ1) is 11.7. The topological polar surface area (TPSA) is 58.3 Å². The normalized spacial score (nSPS) is 20.3. The predicted octanol–water partition coefficient (Wildman–Crippen LogP) is 2.14. The van der Waals surface area contributed by atoms with Crippen LogP contribution in [0.15, 0.2) is 30.3 Å². The molecule has 1 fully saturated rings.